The zero-order chi connectivity index (χ0) is 8.43. The van der Waals surface area contributed by atoms with E-state index in [0.717, 1.165) is 17.9 Å². The highest BCUT2D eigenvalue weighted by molar-refractivity contribution is 4.84. The van der Waals surface area contributed by atoms with E-state index in [-0.39, 0.29) is 0 Å². The Morgan fingerprint density at radius 2 is 1.82 bits per heavy atom. The molecule has 0 heterocycles. The fourth-order valence-electron chi connectivity index (χ4n) is 2.39. The van der Waals surface area contributed by atoms with E-state index in [1.165, 1.54) is 19.3 Å². The van der Waals surface area contributed by atoms with Gasteiger partial charge in [0.1, 0.15) is 0 Å². The van der Waals surface area contributed by atoms with Crippen LogP contribution in [0.5, 0.6) is 0 Å². The second-order valence-electron chi connectivity index (χ2n) is 4.37. The molecule has 1 rings (SSSR count). The molecule has 1 saturated carbocycles. The zero-order valence-corrected chi connectivity index (χ0v) is 8.30. The maximum absolute atomic E-state index is 2.40. The first kappa shape index (κ1) is 9.05. The molecule has 0 aromatic heterocycles. The summed E-state index contributed by atoms with van der Waals surface area (Å²) in [4.78, 5) is 2.40. The zero-order valence-electron chi connectivity index (χ0n) is 8.30. The van der Waals surface area contributed by atoms with Gasteiger partial charge in [-0.3, -0.25) is 0 Å². The fourth-order valence-corrected chi connectivity index (χ4v) is 2.39. The first-order chi connectivity index (χ1) is 5.13. The van der Waals surface area contributed by atoms with E-state index in [1.807, 2.05) is 0 Å². The monoisotopic (exact) mass is 155 g/mol. The Morgan fingerprint density at radius 3 is 2.18 bits per heavy atom. The Hall–Kier alpha value is -0.0400. The van der Waals surface area contributed by atoms with Gasteiger partial charge in [0.2, 0.25) is 0 Å². The Morgan fingerprint density at radius 1 is 1.18 bits per heavy atom. The third kappa shape index (κ3) is 1.96. The van der Waals surface area contributed by atoms with Crippen LogP contribution in [-0.4, -0.2) is 25.0 Å². The quantitative estimate of drug-likeness (QED) is 0.592. The van der Waals surface area contributed by atoms with Gasteiger partial charge in [-0.15, -0.1) is 0 Å². The molecule has 0 spiro atoms. The van der Waals surface area contributed by atoms with Crippen molar-refractivity contribution >= 4 is 0 Å². The van der Waals surface area contributed by atoms with Crippen molar-refractivity contribution in [2.24, 2.45) is 11.8 Å². The highest BCUT2D eigenvalue weighted by Gasteiger charge is 2.30. The molecule has 1 heteroatoms. The first-order valence-corrected chi connectivity index (χ1v) is 4.79. The van der Waals surface area contributed by atoms with E-state index in [4.69, 9.17) is 0 Å². The minimum atomic E-state index is 0.856. The van der Waals surface area contributed by atoms with Gasteiger partial charge >= 0.3 is 0 Å². The molecule has 0 aromatic carbocycles. The van der Waals surface area contributed by atoms with Crippen LogP contribution in [0.1, 0.15) is 33.1 Å². The van der Waals surface area contributed by atoms with Crippen molar-refractivity contribution < 1.29 is 0 Å². The average Bonchev–Trinajstić information content (AvgIpc) is 2.32. The minimum Gasteiger partial charge on any atom is -0.306 e. The lowest BCUT2D eigenvalue weighted by Crippen LogP contribution is -2.33. The predicted octanol–water partition coefficient (Wildman–Crippen LogP) is 2.37. The standard InChI is InChI=1S/C10H21N/c1-8(2)9-6-5-7-10(9)11(3)4/h8-10H,5-7H2,1-4H3. The van der Waals surface area contributed by atoms with Crippen LogP contribution in [0.15, 0.2) is 0 Å². The fraction of sp³-hybridized carbons (Fsp3) is 1.00. The third-order valence-electron chi connectivity index (χ3n) is 3.05. The summed E-state index contributed by atoms with van der Waals surface area (Å²) in [5.74, 6) is 1.81. The lowest BCUT2D eigenvalue weighted by molar-refractivity contribution is 0.199. The summed E-state index contributed by atoms with van der Waals surface area (Å²) < 4.78 is 0. The Kier molecular flexibility index (Phi) is 2.94. The molecule has 66 valence electrons. The summed E-state index contributed by atoms with van der Waals surface area (Å²) in [6.07, 6.45) is 4.29. The molecule has 0 radical (unpaired) electrons. The van der Waals surface area contributed by atoms with Crippen molar-refractivity contribution in [3.05, 3.63) is 0 Å². The second kappa shape index (κ2) is 3.57. The Labute approximate surface area is 70.8 Å². The molecule has 1 nitrogen and oxygen atoms in total. The topological polar surface area (TPSA) is 3.24 Å². The molecular formula is C10H21N. The van der Waals surface area contributed by atoms with Crippen LogP contribution < -0.4 is 0 Å². The molecule has 11 heavy (non-hydrogen) atoms. The molecule has 0 bridgehead atoms. The average molecular weight is 155 g/mol. The van der Waals surface area contributed by atoms with Crippen LogP contribution in [0, 0.1) is 11.8 Å². The normalized spacial score (nSPS) is 32.2. The van der Waals surface area contributed by atoms with E-state index in [2.05, 4.69) is 32.8 Å². The molecular weight excluding hydrogens is 134 g/mol. The van der Waals surface area contributed by atoms with Gasteiger partial charge in [-0.25, -0.2) is 0 Å². The molecule has 0 amide bonds. The van der Waals surface area contributed by atoms with Gasteiger partial charge in [0.15, 0.2) is 0 Å². The molecule has 2 unspecified atom stereocenters. The molecule has 1 aliphatic carbocycles. The van der Waals surface area contributed by atoms with Crippen molar-refractivity contribution in [2.45, 2.75) is 39.2 Å². The smallest absolute Gasteiger partial charge is 0.0120 e. The summed E-state index contributed by atoms with van der Waals surface area (Å²) in [6.45, 7) is 4.71. The van der Waals surface area contributed by atoms with E-state index in [9.17, 15) is 0 Å². The lowest BCUT2D eigenvalue weighted by atomic mass is 9.90. The van der Waals surface area contributed by atoms with Crippen molar-refractivity contribution in [3.8, 4) is 0 Å². The lowest BCUT2D eigenvalue weighted by Gasteiger charge is -2.28. The highest BCUT2D eigenvalue weighted by Crippen LogP contribution is 2.33. The van der Waals surface area contributed by atoms with Gasteiger partial charge in [-0.2, -0.15) is 0 Å². The summed E-state index contributed by atoms with van der Waals surface area (Å²) >= 11 is 0. The largest absolute Gasteiger partial charge is 0.306 e. The first-order valence-electron chi connectivity index (χ1n) is 4.79. The molecule has 0 N–H and O–H groups in total. The van der Waals surface area contributed by atoms with E-state index in [1.54, 1.807) is 0 Å². The van der Waals surface area contributed by atoms with Crippen LogP contribution in [0.4, 0.5) is 0 Å². The van der Waals surface area contributed by atoms with E-state index in [0.29, 0.717) is 0 Å². The molecule has 0 aromatic rings. The SMILES string of the molecule is CC(C)C1CCCC1N(C)C. The second-order valence-corrected chi connectivity index (χ2v) is 4.37. The number of nitrogens with zero attached hydrogens (tertiary/aromatic N) is 1. The van der Waals surface area contributed by atoms with Gasteiger partial charge in [0.05, 0.1) is 0 Å². The molecule has 1 fully saturated rings. The van der Waals surface area contributed by atoms with Gasteiger partial charge in [0, 0.05) is 6.04 Å². The van der Waals surface area contributed by atoms with Crippen LogP contribution in [-0.2, 0) is 0 Å². The number of rotatable bonds is 2. The summed E-state index contributed by atoms with van der Waals surface area (Å²) in [5, 5.41) is 0. The van der Waals surface area contributed by atoms with Crippen LogP contribution in [0.3, 0.4) is 0 Å². The van der Waals surface area contributed by atoms with Crippen molar-refractivity contribution in [2.75, 3.05) is 14.1 Å². The van der Waals surface area contributed by atoms with Crippen LogP contribution >= 0.6 is 0 Å². The van der Waals surface area contributed by atoms with Crippen molar-refractivity contribution in [3.63, 3.8) is 0 Å². The maximum atomic E-state index is 2.40. The molecule has 0 aliphatic heterocycles. The third-order valence-corrected chi connectivity index (χ3v) is 3.05. The molecule has 1 aliphatic rings. The summed E-state index contributed by atoms with van der Waals surface area (Å²) in [7, 11) is 4.43. The van der Waals surface area contributed by atoms with Gasteiger partial charge in [0.25, 0.3) is 0 Å². The van der Waals surface area contributed by atoms with Crippen molar-refractivity contribution in [1.29, 1.82) is 0 Å². The number of hydrogen-bond donors (Lipinski definition) is 0. The molecule has 0 saturated heterocycles. The van der Waals surface area contributed by atoms with Crippen molar-refractivity contribution in [1.82, 2.24) is 4.90 Å². The van der Waals surface area contributed by atoms with Crippen LogP contribution in [0.2, 0.25) is 0 Å². The van der Waals surface area contributed by atoms with Gasteiger partial charge in [-0.05, 0) is 38.8 Å². The predicted molar refractivity (Wildman–Crippen MR) is 49.7 cm³/mol. The highest BCUT2D eigenvalue weighted by atomic mass is 15.1. The molecule has 2 atom stereocenters. The Balaban J connectivity index is 2.51. The Bertz CT molecular complexity index is 104. The van der Waals surface area contributed by atoms with Crippen LogP contribution in [0.25, 0.3) is 0 Å². The summed E-state index contributed by atoms with van der Waals surface area (Å²) in [6, 6.07) is 0.856. The van der Waals surface area contributed by atoms with E-state index < -0.39 is 0 Å². The maximum Gasteiger partial charge on any atom is 0.0120 e. The minimum absolute atomic E-state index is 0.856. The number of hydrogen-bond acceptors (Lipinski definition) is 1. The van der Waals surface area contributed by atoms with E-state index >= 15 is 0 Å². The van der Waals surface area contributed by atoms with Gasteiger partial charge < -0.3 is 4.90 Å². The summed E-state index contributed by atoms with van der Waals surface area (Å²) in [5.41, 5.74) is 0. The van der Waals surface area contributed by atoms with Gasteiger partial charge in [-0.1, -0.05) is 20.3 Å².